The van der Waals surface area contributed by atoms with Gasteiger partial charge in [0.05, 0.1) is 11.3 Å². The second kappa shape index (κ2) is 6.30. The Morgan fingerprint density at radius 2 is 1.86 bits per heavy atom. The first-order valence-electron chi connectivity index (χ1n) is 6.44. The first kappa shape index (κ1) is 14.9. The molecule has 1 amide bonds. The molecule has 0 fully saturated rings. The molecule has 0 bridgehead atoms. The van der Waals surface area contributed by atoms with Gasteiger partial charge in [-0.1, -0.05) is 6.07 Å². The van der Waals surface area contributed by atoms with E-state index in [1.54, 1.807) is 12.3 Å². The zero-order valence-electron chi connectivity index (χ0n) is 11.7. The Morgan fingerprint density at radius 3 is 2.48 bits per heavy atom. The molecule has 110 valence electrons. The molecule has 0 aliphatic heterocycles. The number of carbonyl (C=O) groups is 1. The van der Waals surface area contributed by atoms with Crippen LogP contribution in [0.5, 0.6) is 0 Å². The van der Waals surface area contributed by atoms with Gasteiger partial charge in [0.1, 0.15) is 17.3 Å². The van der Waals surface area contributed by atoms with Crippen molar-refractivity contribution in [2.75, 3.05) is 10.6 Å². The van der Waals surface area contributed by atoms with Gasteiger partial charge in [-0.2, -0.15) is 0 Å². The number of rotatable bonds is 4. The van der Waals surface area contributed by atoms with E-state index in [0.29, 0.717) is 5.69 Å². The largest absolute Gasteiger partial charge is 0.382 e. The first-order chi connectivity index (χ1) is 9.97. The predicted octanol–water partition coefficient (Wildman–Crippen LogP) is 3.43. The number of anilines is 2. The van der Waals surface area contributed by atoms with Crippen LogP contribution in [0.25, 0.3) is 0 Å². The van der Waals surface area contributed by atoms with Gasteiger partial charge in [0.2, 0.25) is 0 Å². The number of para-hydroxylation sites is 1. The summed E-state index contributed by atoms with van der Waals surface area (Å²) in [6, 6.07) is 5.13. The van der Waals surface area contributed by atoms with Crippen LogP contribution in [0.15, 0.2) is 36.7 Å². The van der Waals surface area contributed by atoms with Crippen LogP contribution in [0.2, 0.25) is 0 Å². The molecule has 0 saturated heterocycles. The van der Waals surface area contributed by atoms with Crippen LogP contribution in [0.4, 0.5) is 20.2 Å². The molecule has 0 aliphatic carbocycles. The Labute approximate surface area is 121 Å². The molecule has 0 aliphatic rings. The molecule has 2 rings (SSSR count). The van der Waals surface area contributed by atoms with E-state index in [-0.39, 0.29) is 11.6 Å². The van der Waals surface area contributed by atoms with Crippen molar-refractivity contribution in [1.82, 2.24) is 4.98 Å². The second-order valence-electron chi connectivity index (χ2n) is 4.81. The van der Waals surface area contributed by atoms with Crippen molar-refractivity contribution in [3.05, 3.63) is 53.9 Å². The first-order valence-corrected chi connectivity index (χ1v) is 6.44. The monoisotopic (exact) mass is 291 g/mol. The molecule has 1 aromatic heterocycles. The highest BCUT2D eigenvalue weighted by molar-refractivity contribution is 6.04. The van der Waals surface area contributed by atoms with Crippen molar-refractivity contribution in [2.24, 2.45) is 0 Å². The van der Waals surface area contributed by atoms with Crippen LogP contribution in [0.3, 0.4) is 0 Å². The summed E-state index contributed by atoms with van der Waals surface area (Å²) in [5, 5.41) is 5.31. The third-order valence-corrected chi connectivity index (χ3v) is 2.66. The van der Waals surface area contributed by atoms with Crippen LogP contribution < -0.4 is 10.6 Å². The summed E-state index contributed by atoms with van der Waals surface area (Å²) >= 11 is 0. The fourth-order valence-corrected chi connectivity index (χ4v) is 1.78. The Bertz CT molecular complexity index is 639. The predicted molar refractivity (Wildman–Crippen MR) is 77.3 cm³/mol. The normalized spacial score (nSPS) is 10.5. The zero-order valence-corrected chi connectivity index (χ0v) is 11.7. The summed E-state index contributed by atoms with van der Waals surface area (Å²) < 4.78 is 27.0. The summed E-state index contributed by atoms with van der Waals surface area (Å²) in [5.74, 6) is -2.28. The molecule has 0 unspecified atom stereocenters. The molecule has 0 spiro atoms. The topological polar surface area (TPSA) is 54.0 Å². The average molecular weight is 291 g/mol. The molecule has 6 heteroatoms. The minimum absolute atomic E-state index is 0.175. The van der Waals surface area contributed by atoms with Gasteiger partial charge in [-0.15, -0.1) is 0 Å². The molecule has 0 radical (unpaired) electrons. The molecule has 0 atom stereocenters. The number of amides is 1. The number of benzene rings is 1. The second-order valence-corrected chi connectivity index (χ2v) is 4.81. The van der Waals surface area contributed by atoms with Gasteiger partial charge >= 0.3 is 0 Å². The maximum atomic E-state index is 13.5. The number of nitrogens with zero attached hydrogens (tertiary/aromatic N) is 1. The lowest BCUT2D eigenvalue weighted by Crippen LogP contribution is -2.16. The molecule has 4 nitrogen and oxygen atoms in total. The van der Waals surface area contributed by atoms with E-state index in [4.69, 9.17) is 0 Å². The molecule has 2 N–H and O–H groups in total. The maximum Gasteiger partial charge on any atom is 0.257 e. The van der Waals surface area contributed by atoms with Gasteiger partial charge < -0.3 is 10.6 Å². The third-order valence-electron chi connectivity index (χ3n) is 2.66. The van der Waals surface area contributed by atoms with E-state index < -0.39 is 23.2 Å². The number of pyridine rings is 1. The van der Waals surface area contributed by atoms with Crippen LogP contribution >= 0.6 is 0 Å². The summed E-state index contributed by atoms with van der Waals surface area (Å²) in [6.45, 7) is 3.89. The van der Waals surface area contributed by atoms with Crippen LogP contribution in [0, 0.1) is 11.6 Å². The minimum atomic E-state index is -0.826. The highest BCUT2D eigenvalue weighted by atomic mass is 19.1. The van der Waals surface area contributed by atoms with E-state index in [0.717, 1.165) is 12.1 Å². The Hall–Kier alpha value is -2.50. The van der Waals surface area contributed by atoms with Gasteiger partial charge in [0.15, 0.2) is 0 Å². The lowest BCUT2D eigenvalue weighted by atomic mass is 10.2. The minimum Gasteiger partial charge on any atom is -0.382 e. The summed E-state index contributed by atoms with van der Waals surface area (Å²) in [5.41, 5.74) is 0.402. The van der Waals surface area contributed by atoms with Crippen LogP contribution in [0.1, 0.15) is 24.2 Å². The standard InChI is InChI=1S/C15H15F2N3O/c1-9(2)19-11-6-10(7-18-8-11)15(21)20-14-12(16)4-3-5-13(14)17/h3-9,19H,1-2H3,(H,20,21). The van der Waals surface area contributed by atoms with Gasteiger partial charge in [-0.05, 0) is 32.0 Å². The van der Waals surface area contributed by atoms with E-state index in [2.05, 4.69) is 15.6 Å². The van der Waals surface area contributed by atoms with Crippen molar-refractivity contribution in [1.29, 1.82) is 0 Å². The Morgan fingerprint density at radius 1 is 1.19 bits per heavy atom. The van der Waals surface area contributed by atoms with Crippen molar-refractivity contribution in [3.8, 4) is 0 Å². The molecule has 21 heavy (non-hydrogen) atoms. The third kappa shape index (κ3) is 3.75. The average Bonchev–Trinajstić information content (AvgIpc) is 2.42. The smallest absolute Gasteiger partial charge is 0.257 e. The van der Waals surface area contributed by atoms with E-state index in [9.17, 15) is 13.6 Å². The van der Waals surface area contributed by atoms with E-state index >= 15 is 0 Å². The molecular weight excluding hydrogens is 276 g/mol. The van der Waals surface area contributed by atoms with Crippen molar-refractivity contribution < 1.29 is 13.6 Å². The van der Waals surface area contributed by atoms with Crippen molar-refractivity contribution in [3.63, 3.8) is 0 Å². The van der Waals surface area contributed by atoms with Gasteiger partial charge in [0.25, 0.3) is 5.91 Å². The molecule has 0 saturated carbocycles. The summed E-state index contributed by atoms with van der Waals surface area (Å²) in [6.07, 6.45) is 2.90. The van der Waals surface area contributed by atoms with Crippen LogP contribution in [-0.4, -0.2) is 16.9 Å². The number of aromatic nitrogens is 1. The Balaban J connectivity index is 2.21. The number of hydrogen-bond donors (Lipinski definition) is 2. The highest BCUT2D eigenvalue weighted by Gasteiger charge is 2.14. The van der Waals surface area contributed by atoms with Gasteiger partial charge in [-0.3, -0.25) is 9.78 Å². The van der Waals surface area contributed by atoms with E-state index in [1.807, 2.05) is 13.8 Å². The van der Waals surface area contributed by atoms with Crippen molar-refractivity contribution >= 4 is 17.3 Å². The van der Waals surface area contributed by atoms with Crippen molar-refractivity contribution in [2.45, 2.75) is 19.9 Å². The quantitative estimate of drug-likeness (QED) is 0.907. The fraction of sp³-hybridized carbons (Fsp3) is 0.200. The Kier molecular flexibility index (Phi) is 4.47. The highest BCUT2D eigenvalue weighted by Crippen LogP contribution is 2.19. The molecule has 1 aromatic carbocycles. The number of nitrogens with one attached hydrogen (secondary N) is 2. The zero-order chi connectivity index (χ0) is 15.4. The molecule has 1 heterocycles. The lowest BCUT2D eigenvalue weighted by molar-refractivity contribution is 0.102. The summed E-state index contributed by atoms with van der Waals surface area (Å²) in [7, 11) is 0. The van der Waals surface area contributed by atoms with Gasteiger partial charge in [-0.25, -0.2) is 8.78 Å². The number of carbonyl (C=O) groups excluding carboxylic acids is 1. The van der Waals surface area contributed by atoms with E-state index in [1.165, 1.54) is 12.3 Å². The number of hydrogen-bond acceptors (Lipinski definition) is 3. The van der Waals surface area contributed by atoms with Crippen LogP contribution in [-0.2, 0) is 0 Å². The summed E-state index contributed by atoms with van der Waals surface area (Å²) in [4.78, 5) is 16.0. The molecule has 2 aromatic rings. The SMILES string of the molecule is CC(C)Nc1cncc(C(=O)Nc2c(F)cccc2F)c1. The fourth-order valence-electron chi connectivity index (χ4n) is 1.78. The molecular formula is C15H15F2N3O. The maximum absolute atomic E-state index is 13.5. The van der Waals surface area contributed by atoms with Gasteiger partial charge in [0, 0.05) is 18.4 Å². The number of halogens is 2. The lowest BCUT2D eigenvalue weighted by Gasteiger charge is -2.11.